The summed E-state index contributed by atoms with van der Waals surface area (Å²) in [6, 6.07) is 0.425. The van der Waals surface area contributed by atoms with Crippen molar-refractivity contribution >= 4 is 17.8 Å². The first-order chi connectivity index (χ1) is 17.7. The topological polar surface area (TPSA) is 161 Å². The van der Waals surface area contributed by atoms with Gasteiger partial charge in [-0.25, -0.2) is 0 Å². The lowest BCUT2D eigenvalue weighted by atomic mass is 10.0. The maximum Gasteiger partial charge on any atom is 0.416 e. The molecule has 1 aromatic heterocycles. The van der Waals surface area contributed by atoms with Gasteiger partial charge in [0.1, 0.15) is 0 Å². The average Bonchev–Trinajstić information content (AvgIpc) is 2.80. The summed E-state index contributed by atoms with van der Waals surface area (Å²) in [7, 11) is 0. The van der Waals surface area contributed by atoms with Crippen LogP contribution in [0.25, 0.3) is 0 Å². The molecule has 10 nitrogen and oxygen atoms in total. The van der Waals surface area contributed by atoms with Gasteiger partial charge in [-0.3, -0.25) is 0 Å². The Bertz CT molecular complexity index is 1030. The van der Waals surface area contributed by atoms with Crippen molar-refractivity contribution in [3.8, 4) is 0 Å². The Balaban J connectivity index is 1.66. The van der Waals surface area contributed by atoms with Crippen LogP contribution in [-0.2, 0) is 18.9 Å². The summed E-state index contributed by atoms with van der Waals surface area (Å²) in [5.41, 5.74) is 21.4. The highest BCUT2D eigenvalue weighted by molar-refractivity contribution is 5.47. The number of aromatic nitrogens is 3. The summed E-state index contributed by atoms with van der Waals surface area (Å²) in [5, 5.41) is 2.75. The van der Waals surface area contributed by atoms with E-state index in [1.807, 2.05) is 0 Å². The van der Waals surface area contributed by atoms with E-state index in [1.165, 1.54) is 0 Å². The standard InChI is InChI=1S/C22H30F6N10/c23-21(24,25)12-1-11(2-13(3-12)22(26,27)28)6-33-18-34-19(37-7-14(29)4-15(30)8-37)36-20(35-18)38-9-16(31)5-17(32)10-38/h1-3,14-17H,4-10,29-32H2,(H,33,34,35,36). The smallest absolute Gasteiger partial charge is 0.350 e. The summed E-state index contributed by atoms with van der Waals surface area (Å²) in [6.07, 6.45) is -8.71. The fourth-order valence-corrected chi connectivity index (χ4v) is 4.70. The highest BCUT2D eigenvalue weighted by atomic mass is 19.4. The van der Waals surface area contributed by atoms with Crippen molar-refractivity contribution in [3.05, 3.63) is 34.9 Å². The van der Waals surface area contributed by atoms with Crippen molar-refractivity contribution in [2.45, 2.75) is 55.9 Å². The number of nitrogens with zero attached hydrogens (tertiary/aromatic N) is 5. The highest BCUT2D eigenvalue weighted by Crippen LogP contribution is 2.36. The molecule has 0 aliphatic carbocycles. The Hall–Kier alpha value is -2.95. The van der Waals surface area contributed by atoms with Crippen molar-refractivity contribution in [2.24, 2.45) is 22.9 Å². The number of anilines is 3. The van der Waals surface area contributed by atoms with Gasteiger partial charge in [0, 0.05) is 56.9 Å². The van der Waals surface area contributed by atoms with Gasteiger partial charge in [-0.1, -0.05) is 0 Å². The molecule has 4 unspecified atom stereocenters. The quantitative estimate of drug-likeness (QED) is 0.344. The van der Waals surface area contributed by atoms with Gasteiger partial charge in [0.15, 0.2) is 0 Å². The first-order valence-electron chi connectivity index (χ1n) is 12.0. The maximum absolute atomic E-state index is 13.3. The minimum absolute atomic E-state index is 0.0450. The second-order valence-corrected chi connectivity index (χ2v) is 9.85. The molecule has 4 rings (SSSR count). The minimum Gasteiger partial charge on any atom is -0.350 e. The minimum atomic E-state index is -4.96. The van der Waals surface area contributed by atoms with E-state index >= 15 is 0 Å². The van der Waals surface area contributed by atoms with E-state index in [0.717, 1.165) is 0 Å². The third kappa shape index (κ3) is 6.92. The molecule has 2 aromatic rings. The number of nitrogens with two attached hydrogens (primary N) is 4. The van der Waals surface area contributed by atoms with Crippen LogP contribution in [0.4, 0.5) is 44.2 Å². The van der Waals surface area contributed by atoms with Crippen molar-refractivity contribution in [1.82, 2.24) is 15.0 Å². The molecule has 38 heavy (non-hydrogen) atoms. The SMILES string of the molecule is NC1CC(N)CN(c2nc(NCc3cc(C(F)(F)F)cc(C(F)(F)F)c3)nc(N3CC(N)CC(N)C3)n2)C1. The third-order valence-corrected chi connectivity index (χ3v) is 6.31. The summed E-state index contributed by atoms with van der Waals surface area (Å²) < 4.78 is 79.6. The molecule has 210 valence electrons. The zero-order valence-corrected chi connectivity index (χ0v) is 20.3. The number of hydrogen-bond donors (Lipinski definition) is 5. The largest absolute Gasteiger partial charge is 0.416 e. The average molecular weight is 549 g/mol. The van der Waals surface area contributed by atoms with E-state index in [1.54, 1.807) is 9.80 Å². The zero-order valence-electron chi connectivity index (χ0n) is 20.3. The van der Waals surface area contributed by atoms with Gasteiger partial charge in [-0.15, -0.1) is 0 Å². The van der Waals surface area contributed by atoms with Gasteiger partial charge in [-0.2, -0.15) is 41.3 Å². The molecule has 0 radical (unpaired) electrons. The van der Waals surface area contributed by atoms with Gasteiger partial charge >= 0.3 is 12.4 Å². The fourth-order valence-electron chi connectivity index (χ4n) is 4.70. The van der Waals surface area contributed by atoms with Gasteiger partial charge in [0.25, 0.3) is 0 Å². The predicted molar refractivity (Wildman–Crippen MR) is 129 cm³/mol. The van der Waals surface area contributed by atoms with Crippen LogP contribution in [-0.4, -0.2) is 65.3 Å². The molecule has 16 heteroatoms. The van der Waals surface area contributed by atoms with Crippen LogP contribution < -0.4 is 38.1 Å². The van der Waals surface area contributed by atoms with E-state index in [4.69, 9.17) is 22.9 Å². The number of benzene rings is 1. The second-order valence-electron chi connectivity index (χ2n) is 9.85. The molecule has 2 fully saturated rings. The van der Waals surface area contributed by atoms with Crippen LogP contribution in [0.2, 0.25) is 0 Å². The zero-order chi connectivity index (χ0) is 27.8. The monoisotopic (exact) mass is 548 g/mol. The van der Waals surface area contributed by atoms with Crippen molar-refractivity contribution < 1.29 is 26.3 Å². The van der Waals surface area contributed by atoms with Crippen LogP contribution in [0.5, 0.6) is 0 Å². The summed E-state index contributed by atoms with van der Waals surface area (Å²) in [5.74, 6) is 0.392. The number of rotatable bonds is 5. The lowest BCUT2D eigenvalue weighted by Crippen LogP contribution is -2.54. The lowest BCUT2D eigenvalue weighted by molar-refractivity contribution is -0.143. The third-order valence-electron chi connectivity index (χ3n) is 6.31. The summed E-state index contributed by atoms with van der Waals surface area (Å²) >= 11 is 0. The van der Waals surface area contributed by atoms with Crippen molar-refractivity contribution in [1.29, 1.82) is 0 Å². The van der Waals surface area contributed by atoms with Gasteiger partial charge in [-0.05, 0) is 36.6 Å². The van der Waals surface area contributed by atoms with E-state index in [9.17, 15) is 26.3 Å². The predicted octanol–water partition coefficient (Wildman–Crippen LogP) is 1.25. The van der Waals surface area contributed by atoms with Gasteiger partial charge in [0.2, 0.25) is 17.8 Å². The Morgan fingerprint density at radius 3 is 1.45 bits per heavy atom. The maximum atomic E-state index is 13.3. The molecule has 2 saturated heterocycles. The Labute approximate surface area is 214 Å². The molecular formula is C22H30F6N10. The molecule has 4 atom stereocenters. The number of piperidine rings is 2. The van der Waals surface area contributed by atoms with E-state index < -0.39 is 30.0 Å². The molecule has 0 amide bonds. The van der Waals surface area contributed by atoms with Crippen molar-refractivity contribution in [3.63, 3.8) is 0 Å². The number of halogens is 6. The van der Waals surface area contributed by atoms with Crippen molar-refractivity contribution in [2.75, 3.05) is 41.3 Å². The van der Waals surface area contributed by atoms with Crippen LogP contribution in [0.3, 0.4) is 0 Å². The van der Waals surface area contributed by atoms with Gasteiger partial charge in [0.05, 0.1) is 11.1 Å². The van der Waals surface area contributed by atoms with Crippen LogP contribution in [0.15, 0.2) is 18.2 Å². The van der Waals surface area contributed by atoms with Crippen LogP contribution in [0.1, 0.15) is 29.5 Å². The molecule has 1 aromatic carbocycles. The van der Waals surface area contributed by atoms with E-state index in [2.05, 4.69) is 20.3 Å². The Morgan fingerprint density at radius 1 is 0.684 bits per heavy atom. The molecular weight excluding hydrogens is 518 g/mol. The summed E-state index contributed by atoms with van der Waals surface area (Å²) in [6.45, 7) is 1.20. The molecule has 3 heterocycles. The van der Waals surface area contributed by atoms with E-state index in [0.29, 0.717) is 51.2 Å². The number of alkyl halides is 6. The lowest BCUT2D eigenvalue weighted by Gasteiger charge is -2.37. The first kappa shape index (κ1) is 28.1. The highest BCUT2D eigenvalue weighted by Gasteiger charge is 2.37. The molecule has 0 bridgehead atoms. The van der Waals surface area contributed by atoms with Crippen LogP contribution in [0, 0.1) is 0 Å². The van der Waals surface area contributed by atoms with E-state index in [-0.39, 0.29) is 53.6 Å². The fraction of sp³-hybridized carbons (Fsp3) is 0.591. The molecule has 9 N–H and O–H groups in total. The molecule has 2 aliphatic heterocycles. The second kappa shape index (κ2) is 10.7. The molecule has 0 spiro atoms. The Kier molecular flexibility index (Phi) is 7.88. The first-order valence-corrected chi connectivity index (χ1v) is 12.0. The van der Waals surface area contributed by atoms with Crippen LogP contribution >= 0.6 is 0 Å². The molecule has 0 saturated carbocycles. The molecule has 2 aliphatic rings. The Morgan fingerprint density at radius 2 is 1.08 bits per heavy atom. The normalized spacial score (nSPS) is 25.0. The number of nitrogens with one attached hydrogen (secondary N) is 1. The summed E-state index contributed by atoms with van der Waals surface area (Å²) in [4.78, 5) is 16.8. The van der Waals surface area contributed by atoms with Gasteiger partial charge < -0.3 is 38.1 Å². The number of hydrogen-bond acceptors (Lipinski definition) is 10.